The van der Waals surface area contributed by atoms with Crippen LogP contribution in [0.3, 0.4) is 0 Å². The summed E-state index contributed by atoms with van der Waals surface area (Å²) in [7, 11) is 0. The highest BCUT2D eigenvalue weighted by Crippen LogP contribution is 2.32. The molecule has 0 unspecified atom stereocenters. The quantitative estimate of drug-likeness (QED) is 0.250. The number of amides is 1. The standard InChI is InChI=1S/C22H16N4O3S2/c1-13-12-14(21-23-17-7-3-5-9-19(17)31-21)10-11-16(13)24-22(30)25-20(27)15-6-2-4-8-18(15)26(28)29/h2-12H,1H3,(H2,24,25,27,30). The molecule has 3 aromatic carbocycles. The van der Waals surface area contributed by atoms with E-state index in [9.17, 15) is 14.9 Å². The van der Waals surface area contributed by atoms with Crippen LogP contribution in [-0.4, -0.2) is 20.9 Å². The van der Waals surface area contributed by atoms with Gasteiger partial charge in [0.2, 0.25) is 0 Å². The lowest BCUT2D eigenvalue weighted by atomic mass is 10.1. The van der Waals surface area contributed by atoms with Gasteiger partial charge in [0.05, 0.1) is 15.1 Å². The molecule has 7 nitrogen and oxygen atoms in total. The van der Waals surface area contributed by atoms with Gasteiger partial charge in [-0.2, -0.15) is 0 Å². The first-order valence-electron chi connectivity index (χ1n) is 9.25. The largest absolute Gasteiger partial charge is 0.332 e. The number of hydrogen-bond donors (Lipinski definition) is 2. The third kappa shape index (κ3) is 4.42. The fourth-order valence-corrected chi connectivity index (χ4v) is 4.25. The zero-order valence-corrected chi connectivity index (χ0v) is 17.9. The van der Waals surface area contributed by atoms with Crippen molar-refractivity contribution in [1.82, 2.24) is 10.3 Å². The van der Waals surface area contributed by atoms with E-state index in [1.807, 2.05) is 49.4 Å². The summed E-state index contributed by atoms with van der Waals surface area (Å²) >= 11 is 6.85. The third-order valence-corrected chi connectivity index (χ3v) is 5.88. The lowest BCUT2D eigenvalue weighted by Gasteiger charge is -2.12. The molecule has 9 heteroatoms. The predicted molar refractivity (Wildman–Crippen MR) is 127 cm³/mol. The van der Waals surface area contributed by atoms with Crippen LogP contribution in [0.25, 0.3) is 20.8 Å². The summed E-state index contributed by atoms with van der Waals surface area (Å²) in [6.07, 6.45) is 0. The SMILES string of the molecule is Cc1cc(-c2nc3ccccc3s2)ccc1NC(=S)NC(=O)c1ccccc1[N+](=O)[O-]. The van der Waals surface area contributed by atoms with Crippen molar-refractivity contribution in [3.63, 3.8) is 0 Å². The zero-order chi connectivity index (χ0) is 22.0. The highest BCUT2D eigenvalue weighted by atomic mass is 32.1. The van der Waals surface area contributed by atoms with Crippen LogP contribution in [0.5, 0.6) is 0 Å². The van der Waals surface area contributed by atoms with Gasteiger partial charge in [0.25, 0.3) is 11.6 Å². The Labute approximate surface area is 186 Å². The van der Waals surface area contributed by atoms with Gasteiger partial charge in [-0.1, -0.05) is 24.3 Å². The van der Waals surface area contributed by atoms with Crippen LogP contribution in [0.2, 0.25) is 0 Å². The van der Waals surface area contributed by atoms with Gasteiger partial charge in [0.15, 0.2) is 5.11 Å². The van der Waals surface area contributed by atoms with E-state index >= 15 is 0 Å². The van der Waals surface area contributed by atoms with Crippen LogP contribution in [0.1, 0.15) is 15.9 Å². The number of anilines is 1. The molecule has 1 aromatic heterocycles. The number of carbonyl (C=O) groups excluding carboxylic acids is 1. The minimum atomic E-state index is -0.645. The van der Waals surface area contributed by atoms with Crippen molar-refractivity contribution in [1.29, 1.82) is 0 Å². The van der Waals surface area contributed by atoms with Crippen molar-refractivity contribution in [2.24, 2.45) is 0 Å². The monoisotopic (exact) mass is 448 g/mol. The fourth-order valence-electron chi connectivity index (χ4n) is 3.08. The number of nitrogens with zero attached hydrogens (tertiary/aromatic N) is 2. The Morgan fingerprint density at radius 1 is 1.10 bits per heavy atom. The van der Waals surface area contributed by atoms with Crippen molar-refractivity contribution < 1.29 is 9.72 Å². The molecule has 0 saturated heterocycles. The number of thiazole rings is 1. The maximum atomic E-state index is 12.4. The van der Waals surface area contributed by atoms with E-state index in [1.165, 1.54) is 18.2 Å². The first-order valence-corrected chi connectivity index (χ1v) is 10.5. The molecule has 0 spiro atoms. The number of aryl methyl sites for hydroxylation is 1. The van der Waals surface area contributed by atoms with E-state index in [1.54, 1.807) is 17.4 Å². The van der Waals surface area contributed by atoms with Crippen molar-refractivity contribution in [2.75, 3.05) is 5.32 Å². The average molecular weight is 449 g/mol. The summed E-state index contributed by atoms with van der Waals surface area (Å²) < 4.78 is 1.12. The Morgan fingerprint density at radius 3 is 2.58 bits per heavy atom. The molecule has 31 heavy (non-hydrogen) atoms. The van der Waals surface area contributed by atoms with Crippen LogP contribution in [-0.2, 0) is 0 Å². The minimum Gasteiger partial charge on any atom is -0.332 e. The van der Waals surface area contributed by atoms with Crippen LogP contribution >= 0.6 is 23.6 Å². The van der Waals surface area contributed by atoms with E-state index in [0.717, 1.165) is 32.0 Å². The highest BCUT2D eigenvalue weighted by Gasteiger charge is 2.20. The molecule has 1 heterocycles. The molecule has 154 valence electrons. The number of hydrogen-bond acceptors (Lipinski definition) is 6. The Kier molecular flexibility index (Phi) is 5.70. The van der Waals surface area contributed by atoms with Gasteiger partial charge in [-0.25, -0.2) is 4.98 Å². The normalized spacial score (nSPS) is 10.6. The van der Waals surface area contributed by atoms with Crippen molar-refractivity contribution in [3.05, 3.63) is 88.0 Å². The van der Waals surface area contributed by atoms with Gasteiger partial charge in [-0.05, 0) is 61.1 Å². The Morgan fingerprint density at radius 2 is 1.84 bits per heavy atom. The molecule has 4 aromatic rings. The number of carbonyl (C=O) groups is 1. The zero-order valence-electron chi connectivity index (χ0n) is 16.3. The smallest absolute Gasteiger partial charge is 0.282 e. The van der Waals surface area contributed by atoms with E-state index in [-0.39, 0.29) is 16.4 Å². The van der Waals surface area contributed by atoms with Gasteiger partial charge >= 0.3 is 0 Å². The number of para-hydroxylation sites is 2. The second-order valence-corrected chi connectivity index (χ2v) is 8.14. The lowest BCUT2D eigenvalue weighted by Crippen LogP contribution is -2.34. The Balaban J connectivity index is 1.49. The third-order valence-electron chi connectivity index (χ3n) is 4.59. The molecule has 0 fully saturated rings. The van der Waals surface area contributed by atoms with E-state index in [0.29, 0.717) is 0 Å². The molecule has 1 amide bonds. The number of thiocarbonyl (C=S) groups is 1. The van der Waals surface area contributed by atoms with Crippen molar-refractivity contribution >= 4 is 56.2 Å². The summed E-state index contributed by atoms with van der Waals surface area (Å²) in [6, 6.07) is 19.5. The maximum Gasteiger partial charge on any atom is 0.282 e. The Hall–Kier alpha value is -3.69. The van der Waals surface area contributed by atoms with Crippen LogP contribution in [0, 0.1) is 17.0 Å². The van der Waals surface area contributed by atoms with Gasteiger partial charge in [0.1, 0.15) is 10.6 Å². The van der Waals surface area contributed by atoms with Crippen molar-refractivity contribution in [2.45, 2.75) is 6.92 Å². The molecule has 2 N–H and O–H groups in total. The molecule has 0 aliphatic carbocycles. The molecule has 0 saturated carbocycles. The van der Waals surface area contributed by atoms with Gasteiger partial charge < -0.3 is 5.32 Å². The highest BCUT2D eigenvalue weighted by molar-refractivity contribution is 7.80. The van der Waals surface area contributed by atoms with Crippen LogP contribution < -0.4 is 10.6 Å². The summed E-state index contributed by atoms with van der Waals surface area (Å²) in [5.74, 6) is -0.645. The molecule has 0 bridgehead atoms. The summed E-state index contributed by atoms with van der Waals surface area (Å²) in [6.45, 7) is 1.92. The van der Waals surface area contributed by atoms with E-state index < -0.39 is 10.8 Å². The van der Waals surface area contributed by atoms with Gasteiger partial charge in [-0.15, -0.1) is 11.3 Å². The number of rotatable bonds is 4. The number of nitrogens with one attached hydrogen (secondary N) is 2. The number of nitro benzene ring substituents is 1. The van der Waals surface area contributed by atoms with Crippen molar-refractivity contribution in [3.8, 4) is 10.6 Å². The summed E-state index contributed by atoms with van der Waals surface area (Å²) in [5.41, 5.74) is 3.25. The molecule has 0 radical (unpaired) electrons. The summed E-state index contributed by atoms with van der Waals surface area (Å²) in [5, 5.41) is 17.6. The molecular formula is C22H16N4O3S2. The van der Waals surface area contributed by atoms with Gasteiger partial charge in [0, 0.05) is 17.3 Å². The molecule has 0 aliphatic rings. The van der Waals surface area contributed by atoms with Crippen LogP contribution in [0.4, 0.5) is 11.4 Å². The lowest BCUT2D eigenvalue weighted by molar-refractivity contribution is -0.385. The van der Waals surface area contributed by atoms with E-state index in [4.69, 9.17) is 12.2 Å². The number of fused-ring (bicyclic) bond motifs is 1. The topological polar surface area (TPSA) is 97.2 Å². The fraction of sp³-hybridized carbons (Fsp3) is 0.0455. The second-order valence-electron chi connectivity index (χ2n) is 6.70. The van der Waals surface area contributed by atoms with E-state index in [2.05, 4.69) is 15.6 Å². The maximum absolute atomic E-state index is 12.4. The average Bonchev–Trinajstić information content (AvgIpc) is 3.19. The molecular weight excluding hydrogens is 432 g/mol. The second kappa shape index (κ2) is 8.58. The number of benzene rings is 3. The molecule has 0 aliphatic heterocycles. The first-order chi connectivity index (χ1) is 14.9. The van der Waals surface area contributed by atoms with Crippen LogP contribution in [0.15, 0.2) is 66.7 Å². The number of aromatic nitrogens is 1. The minimum absolute atomic E-state index is 0.0546. The molecule has 0 atom stereocenters. The Bertz CT molecular complexity index is 1300. The molecule has 4 rings (SSSR count). The first kappa shape index (κ1) is 20.6. The summed E-state index contributed by atoms with van der Waals surface area (Å²) in [4.78, 5) is 27.6. The van der Waals surface area contributed by atoms with Gasteiger partial charge in [-0.3, -0.25) is 20.2 Å². The predicted octanol–water partition coefficient (Wildman–Crippen LogP) is 5.31. The number of nitro groups is 1.